The van der Waals surface area contributed by atoms with E-state index in [0.717, 1.165) is 0 Å². The van der Waals surface area contributed by atoms with Gasteiger partial charge in [-0.25, -0.2) is 0 Å². The number of hydrogen-bond acceptors (Lipinski definition) is 3. The Labute approximate surface area is 66.1 Å². The van der Waals surface area contributed by atoms with Crippen molar-refractivity contribution < 1.29 is 13.9 Å². The number of esters is 1. The van der Waals surface area contributed by atoms with Gasteiger partial charge in [-0.15, -0.1) is 0 Å². The van der Waals surface area contributed by atoms with Crippen LogP contribution in [0.5, 0.6) is 0 Å². The van der Waals surface area contributed by atoms with Gasteiger partial charge in [0.15, 0.2) is 0 Å². The minimum Gasteiger partial charge on any atom is -0.468 e. The van der Waals surface area contributed by atoms with Gasteiger partial charge in [-0.1, -0.05) is 0 Å². The quantitative estimate of drug-likeness (QED) is 0.551. The molecule has 3 nitrogen and oxygen atoms in total. The van der Waals surface area contributed by atoms with E-state index in [4.69, 9.17) is 0 Å². The maximum atomic E-state index is 11.6. The van der Waals surface area contributed by atoms with E-state index in [1.54, 1.807) is 11.9 Å². The van der Waals surface area contributed by atoms with Crippen molar-refractivity contribution in [3.05, 3.63) is 0 Å². The van der Waals surface area contributed by atoms with Crippen LogP contribution in [0.4, 0.5) is 4.39 Å². The summed E-state index contributed by atoms with van der Waals surface area (Å²) in [5, 5.41) is 0. The van der Waals surface area contributed by atoms with Crippen LogP contribution < -0.4 is 0 Å². The standard InChI is InChI=1S/C7H14FNO2/c1-9(5-3-4-8)6-7(10)11-2/h3-6H2,1-2H3. The minimum absolute atomic E-state index is 0.233. The molecule has 0 aromatic carbocycles. The average Bonchev–Trinajstić information content (AvgIpc) is 2.00. The molecule has 0 bridgehead atoms. The van der Waals surface area contributed by atoms with Gasteiger partial charge >= 0.3 is 5.97 Å². The smallest absolute Gasteiger partial charge is 0.319 e. The van der Waals surface area contributed by atoms with Gasteiger partial charge in [0.25, 0.3) is 0 Å². The number of ether oxygens (including phenoxy) is 1. The zero-order valence-corrected chi connectivity index (χ0v) is 6.97. The Balaban J connectivity index is 3.35. The first kappa shape index (κ1) is 10.4. The van der Waals surface area contributed by atoms with Crippen LogP contribution >= 0.6 is 0 Å². The van der Waals surface area contributed by atoms with Gasteiger partial charge < -0.3 is 4.74 Å². The Morgan fingerprint density at radius 3 is 2.73 bits per heavy atom. The molecule has 0 unspecified atom stereocenters. The van der Waals surface area contributed by atoms with E-state index in [2.05, 4.69) is 4.74 Å². The normalized spacial score (nSPS) is 10.2. The average molecular weight is 163 g/mol. The van der Waals surface area contributed by atoms with Gasteiger partial charge in [0.05, 0.1) is 20.3 Å². The Morgan fingerprint density at radius 1 is 1.64 bits per heavy atom. The van der Waals surface area contributed by atoms with E-state index in [9.17, 15) is 9.18 Å². The maximum absolute atomic E-state index is 11.6. The summed E-state index contributed by atoms with van der Waals surface area (Å²) in [6.45, 7) is 0.480. The zero-order valence-electron chi connectivity index (χ0n) is 6.97. The first-order valence-electron chi connectivity index (χ1n) is 3.52. The Hall–Kier alpha value is -0.640. The summed E-state index contributed by atoms with van der Waals surface area (Å²) in [7, 11) is 3.10. The lowest BCUT2D eigenvalue weighted by molar-refractivity contribution is -0.141. The second kappa shape index (κ2) is 6.09. The summed E-state index contributed by atoms with van der Waals surface area (Å²) in [6.07, 6.45) is 0.466. The summed E-state index contributed by atoms with van der Waals surface area (Å²) < 4.78 is 16.1. The summed E-state index contributed by atoms with van der Waals surface area (Å²) in [5.74, 6) is -0.286. The molecule has 0 aliphatic heterocycles. The molecule has 0 spiro atoms. The van der Waals surface area contributed by atoms with Crippen molar-refractivity contribution in [1.29, 1.82) is 0 Å². The van der Waals surface area contributed by atoms with Crippen LogP contribution in [0.25, 0.3) is 0 Å². The molecule has 0 saturated carbocycles. The molecule has 0 aromatic rings. The molecule has 0 heterocycles. The van der Waals surface area contributed by atoms with E-state index in [1.807, 2.05) is 0 Å². The monoisotopic (exact) mass is 163 g/mol. The molecule has 0 rings (SSSR count). The lowest BCUT2D eigenvalue weighted by Gasteiger charge is -2.12. The largest absolute Gasteiger partial charge is 0.468 e. The van der Waals surface area contributed by atoms with E-state index >= 15 is 0 Å². The van der Waals surface area contributed by atoms with E-state index in [1.165, 1.54) is 7.11 Å². The number of halogens is 1. The van der Waals surface area contributed by atoms with Gasteiger partial charge in [0.2, 0.25) is 0 Å². The van der Waals surface area contributed by atoms with E-state index in [-0.39, 0.29) is 19.2 Å². The molecule has 0 aromatic heterocycles. The van der Waals surface area contributed by atoms with Gasteiger partial charge in [0, 0.05) is 6.54 Å². The fourth-order valence-electron chi connectivity index (χ4n) is 0.694. The number of carbonyl (C=O) groups is 1. The van der Waals surface area contributed by atoms with Crippen molar-refractivity contribution in [1.82, 2.24) is 4.90 Å². The fourth-order valence-corrected chi connectivity index (χ4v) is 0.694. The highest BCUT2D eigenvalue weighted by atomic mass is 19.1. The van der Waals surface area contributed by atoms with Crippen molar-refractivity contribution in [3.8, 4) is 0 Å². The van der Waals surface area contributed by atoms with Crippen molar-refractivity contribution in [3.63, 3.8) is 0 Å². The second-order valence-electron chi connectivity index (χ2n) is 2.36. The number of alkyl halides is 1. The first-order chi connectivity index (χ1) is 5.20. The molecule has 0 amide bonds. The predicted molar refractivity (Wildman–Crippen MR) is 40.1 cm³/mol. The summed E-state index contributed by atoms with van der Waals surface area (Å²) in [4.78, 5) is 12.4. The molecule has 4 heteroatoms. The van der Waals surface area contributed by atoms with Gasteiger partial charge in [0.1, 0.15) is 0 Å². The highest BCUT2D eigenvalue weighted by Crippen LogP contribution is 1.88. The molecule has 66 valence electrons. The maximum Gasteiger partial charge on any atom is 0.319 e. The molecule has 0 aliphatic carbocycles. The number of likely N-dealkylation sites (N-methyl/N-ethyl adjacent to an activating group) is 1. The molecule has 11 heavy (non-hydrogen) atoms. The third-order valence-electron chi connectivity index (χ3n) is 1.30. The lowest BCUT2D eigenvalue weighted by Crippen LogP contribution is -2.27. The molecular formula is C7H14FNO2. The molecule has 0 aliphatic rings. The van der Waals surface area contributed by atoms with Crippen molar-refractivity contribution in [2.24, 2.45) is 0 Å². The molecule has 0 fully saturated rings. The van der Waals surface area contributed by atoms with Crippen molar-refractivity contribution >= 4 is 5.97 Å². The molecular weight excluding hydrogens is 149 g/mol. The minimum atomic E-state index is -0.342. The Morgan fingerprint density at radius 2 is 2.27 bits per heavy atom. The van der Waals surface area contributed by atoms with Crippen molar-refractivity contribution in [2.45, 2.75) is 6.42 Å². The van der Waals surface area contributed by atoms with Gasteiger partial charge in [-0.2, -0.15) is 0 Å². The third kappa shape index (κ3) is 5.79. The van der Waals surface area contributed by atoms with Crippen LogP contribution in [0, 0.1) is 0 Å². The number of nitrogens with zero attached hydrogens (tertiary/aromatic N) is 1. The molecule has 0 saturated heterocycles. The van der Waals surface area contributed by atoms with Crippen LogP contribution in [-0.2, 0) is 9.53 Å². The van der Waals surface area contributed by atoms with Crippen LogP contribution in [-0.4, -0.2) is 44.8 Å². The van der Waals surface area contributed by atoms with Crippen LogP contribution in [0.15, 0.2) is 0 Å². The number of rotatable bonds is 5. The topological polar surface area (TPSA) is 29.5 Å². The zero-order chi connectivity index (χ0) is 8.69. The Bertz CT molecular complexity index is 119. The number of hydrogen-bond donors (Lipinski definition) is 0. The number of carbonyl (C=O) groups excluding carboxylic acids is 1. The van der Waals surface area contributed by atoms with Gasteiger partial charge in [-0.05, 0) is 13.5 Å². The molecule has 0 N–H and O–H groups in total. The first-order valence-corrected chi connectivity index (χ1v) is 3.52. The van der Waals surface area contributed by atoms with Crippen LogP contribution in [0.2, 0.25) is 0 Å². The lowest BCUT2D eigenvalue weighted by atomic mass is 10.4. The predicted octanol–water partition coefficient (Wildman–Crippen LogP) is 0.451. The van der Waals surface area contributed by atoms with E-state index < -0.39 is 0 Å². The third-order valence-corrected chi connectivity index (χ3v) is 1.30. The van der Waals surface area contributed by atoms with Gasteiger partial charge in [-0.3, -0.25) is 14.1 Å². The second-order valence-corrected chi connectivity index (χ2v) is 2.36. The molecule has 0 radical (unpaired) electrons. The van der Waals surface area contributed by atoms with Crippen molar-refractivity contribution in [2.75, 3.05) is 33.9 Å². The number of methoxy groups -OCH3 is 1. The highest BCUT2D eigenvalue weighted by molar-refractivity contribution is 5.71. The fraction of sp³-hybridized carbons (Fsp3) is 0.857. The van der Waals surface area contributed by atoms with Crippen LogP contribution in [0.1, 0.15) is 6.42 Å². The summed E-state index contributed by atoms with van der Waals surface area (Å²) in [5.41, 5.74) is 0. The highest BCUT2D eigenvalue weighted by Gasteiger charge is 2.04. The SMILES string of the molecule is COC(=O)CN(C)CCCF. The summed E-state index contributed by atoms with van der Waals surface area (Å²) in [6, 6.07) is 0. The Kier molecular flexibility index (Phi) is 5.74. The van der Waals surface area contributed by atoms with Crippen LogP contribution in [0.3, 0.4) is 0 Å². The van der Waals surface area contributed by atoms with E-state index in [0.29, 0.717) is 13.0 Å². The molecule has 0 atom stereocenters. The summed E-state index contributed by atoms with van der Waals surface area (Å²) >= 11 is 0.